The molecule has 0 radical (unpaired) electrons. The summed E-state index contributed by atoms with van der Waals surface area (Å²) in [7, 11) is 0. The van der Waals surface area contributed by atoms with Crippen molar-refractivity contribution < 1.29 is 19.1 Å². The predicted octanol–water partition coefficient (Wildman–Crippen LogP) is 6.42. The van der Waals surface area contributed by atoms with Gasteiger partial charge in [0.05, 0.1) is 11.1 Å². The van der Waals surface area contributed by atoms with E-state index in [-0.39, 0.29) is 5.75 Å². The van der Waals surface area contributed by atoms with Crippen molar-refractivity contribution >= 4 is 11.9 Å². The van der Waals surface area contributed by atoms with Gasteiger partial charge >= 0.3 is 11.9 Å². The number of esters is 2. The molecule has 0 amide bonds. The molecule has 0 atom stereocenters. The van der Waals surface area contributed by atoms with Crippen molar-refractivity contribution in [1.82, 2.24) is 0 Å². The maximum atomic E-state index is 12.8. The summed E-state index contributed by atoms with van der Waals surface area (Å²) in [5.41, 5.74) is 2.83. The van der Waals surface area contributed by atoms with E-state index in [1.165, 1.54) is 0 Å². The molecule has 0 heterocycles. The third-order valence-electron chi connectivity index (χ3n) is 4.95. The first-order valence-corrected chi connectivity index (χ1v) is 10.8. The summed E-state index contributed by atoms with van der Waals surface area (Å²) in [5, 5.41) is 0. The molecule has 0 aliphatic heterocycles. The van der Waals surface area contributed by atoms with Gasteiger partial charge in [0.1, 0.15) is 0 Å². The molecule has 0 N–H and O–H groups in total. The monoisotopic (exact) mass is 416 g/mol. The molecule has 0 aliphatic carbocycles. The Bertz CT molecular complexity index is 1010. The number of rotatable bonds is 9. The fraction of sp³-hybridized carbons (Fsp3) is 0.259. The van der Waals surface area contributed by atoms with E-state index in [2.05, 4.69) is 19.9 Å². The Morgan fingerprint density at radius 3 is 1.84 bits per heavy atom. The lowest BCUT2D eigenvalue weighted by Crippen LogP contribution is -2.14. The first-order valence-electron chi connectivity index (χ1n) is 10.8. The van der Waals surface area contributed by atoms with Crippen molar-refractivity contribution in [2.24, 2.45) is 0 Å². The van der Waals surface area contributed by atoms with E-state index in [1.807, 2.05) is 18.2 Å². The second kappa shape index (κ2) is 11.1. The lowest BCUT2D eigenvalue weighted by molar-refractivity contribution is 0.0681. The van der Waals surface area contributed by atoms with Gasteiger partial charge in [-0.25, -0.2) is 9.59 Å². The van der Waals surface area contributed by atoms with Crippen LogP contribution in [0.15, 0.2) is 72.8 Å². The highest BCUT2D eigenvalue weighted by molar-refractivity contribution is 5.93. The molecule has 0 unspecified atom stereocenters. The van der Waals surface area contributed by atoms with Crippen LogP contribution < -0.4 is 9.47 Å². The zero-order valence-corrected chi connectivity index (χ0v) is 18.1. The van der Waals surface area contributed by atoms with Gasteiger partial charge in [-0.2, -0.15) is 0 Å². The lowest BCUT2D eigenvalue weighted by Gasteiger charge is -2.17. The highest BCUT2D eigenvalue weighted by Crippen LogP contribution is 2.36. The number of carbonyl (C=O) groups excluding carboxylic acids is 2. The minimum atomic E-state index is -0.479. The first kappa shape index (κ1) is 22.3. The summed E-state index contributed by atoms with van der Waals surface area (Å²) < 4.78 is 11.6. The van der Waals surface area contributed by atoms with Gasteiger partial charge in [-0.3, -0.25) is 0 Å². The minimum absolute atomic E-state index is 0.287. The number of unbranched alkanes of at least 4 members (excludes halogenated alkanes) is 1. The Labute approximate surface area is 183 Å². The van der Waals surface area contributed by atoms with Crippen molar-refractivity contribution in [2.45, 2.75) is 46.0 Å². The quantitative estimate of drug-likeness (QED) is 0.298. The number of benzene rings is 3. The maximum Gasteiger partial charge on any atom is 0.343 e. The van der Waals surface area contributed by atoms with Crippen LogP contribution in [0.3, 0.4) is 0 Å². The largest absolute Gasteiger partial charge is 0.419 e. The number of aryl methyl sites for hydroxylation is 2. The molecule has 0 fully saturated rings. The van der Waals surface area contributed by atoms with Crippen LogP contribution in [-0.4, -0.2) is 11.9 Å². The standard InChI is InChI=1S/C27H28O4/c1-3-5-13-20-18-23(12-4-2)25(31-27(29)22-16-10-7-11-17-22)24(19-20)30-26(28)21-14-8-6-9-15-21/h6-11,14-19H,3-5,12-13H2,1-2H3. The Hall–Kier alpha value is -3.40. The summed E-state index contributed by atoms with van der Waals surface area (Å²) in [5.74, 6) is -0.348. The third kappa shape index (κ3) is 6.05. The summed E-state index contributed by atoms with van der Waals surface area (Å²) in [4.78, 5) is 25.5. The Kier molecular flexibility index (Phi) is 7.99. The second-order valence-corrected chi connectivity index (χ2v) is 7.45. The number of ether oxygens (including phenoxy) is 2. The Morgan fingerprint density at radius 1 is 0.710 bits per heavy atom. The van der Waals surface area contributed by atoms with Crippen LogP contribution >= 0.6 is 0 Å². The van der Waals surface area contributed by atoms with Crippen LogP contribution in [-0.2, 0) is 12.8 Å². The number of carbonyl (C=O) groups is 2. The molecular formula is C27H28O4. The minimum Gasteiger partial charge on any atom is -0.419 e. The molecule has 0 bridgehead atoms. The fourth-order valence-corrected chi connectivity index (χ4v) is 3.35. The Balaban J connectivity index is 2.00. The molecule has 3 rings (SSSR count). The topological polar surface area (TPSA) is 52.6 Å². The molecule has 4 nitrogen and oxygen atoms in total. The van der Waals surface area contributed by atoms with Crippen LogP contribution in [0, 0.1) is 0 Å². The molecule has 3 aromatic carbocycles. The summed E-state index contributed by atoms with van der Waals surface area (Å²) in [6, 6.07) is 21.5. The smallest absolute Gasteiger partial charge is 0.343 e. The van der Waals surface area contributed by atoms with Gasteiger partial charge in [-0.1, -0.05) is 69.2 Å². The van der Waals surface area contributed by atoms with Gasteiger partial charge in [-0.05, 0) is 60.7 Å². The van der Waals surface area contributed by atoms with Crippen LogP contribution in [0.5, 0.6) is 11.5 Å². The average Bonchev–Trinajstić information content (AvgIpc) is 2.81. The van der Waals surface area contributed by atoms with Gasteiger partial charge in [0, 0.05) is 0 Å². The van der Waals surface area contributed by atoms with Crippen molar-refractivity contribution in [1.29, 1.82) is 0 Å². The van der Waals surface area contributed by atoms with Gasteiger partial charge in [0.25, 0.3) is 0 Å². The highest BCUT2D eigenvalue weighted by atomic mass is 16.6. The van der Waals surface area contributed by atoms with Crippen molar-refractivity contribution in [2.75, 3.05) is 0 Å². The van der Waals surface area contributed by atoms with Gasteiger partial charge in [0.2, 0.25) is 0 Å². The van der Waals surface area contributed by atoms with E-state index in [1.54, 1.807) is 48.5 Å². The van der Waals surface area contributed by atoms with E-state index in [0.717, 1.165) is 36.8 Å². The number of hydrogen-bond donors (Lipinski definition) is 0. The molecule has 0 aliphatic rings. The van der Waals surface area contributed by atoms with Crippen molar-refractivity contribution in [3.63, 3.8) is 0 Å². The molecule has 4 heteroatoms. The maximum absolute atomic E-state index is 12.8. The molecule has 0 saturated carbocycles. The van der Waals surface area contributed by atoms with Crippen LogP contribution in [0.2, 0.25) is 0 Å². The zero-order chi connectivity index (χ0) is 22.1. The van der Waals surface area contributed by atoms with E-state index in [4.69, 9.17) is 9.47 Å². The molecule has 160 valence electrons. The van der Waals surface area contributed by atoms with Gasteiger partial charge < -0.3 is 9.47 Å². The fourth-order valence-electron chi connectivity index (χ4n) is 3.35. The van der Waals surface area contributed by atoms with E-state index >= 15 is 0 Å². The SMILES string of the molecule is CCCCc1cc(CCC)c(OC(=O)c2ccccc2)c(OC(=O)c2ccccc2)c1. The van der Waals surface area contributed by atoms with Crippen molar-refractivity contribution in [3.05, 3.63) is 95.1 Å². The predicted molar refractivity (Wildman–Crippen MR) is 122 cm³/mol. The van der Waals surface area contributed by atoms with Gasteiger partial charge in [0.15, 0.2) is 11.5 Å². The lowest BCUT2D eigenvalue weighted by atomic mass is 10.0. The van der Waals surface area contributed by atoms with E-state index in [0.29, 0.717) is 23.3 Å². The highest BCUT2D eigenvalue weighted by Gasteiger charge is 2.21. The van der Waals surface area contributed by atoms with E-state index < -0.39 is 11.9 Å². The molecule has 0 aromatic heterocycles. The summed E-state index contributed by atoms with van der Waals surface area (Å²) in [6.45, 7) is 4.20. The molecule has 0 spiro atoms. The molecular weight excluding hydrogens is 388 g/mol. The normalized spacial score (nSPS) is 10.5. The zero-order valence-electron chi connectivity index (χ0n) is 18.1. The van der Waals surface area contributed by atoms with Crippen LogP contribution in [0.4, 0.5) is 0 Å². The summed E-state index contributed by atoms with van der Waals surface area (Å²) >= 11 is 0. The second-order valence-electron chi connectivity index (χ2n) is 7.45. The summed E-state index contributed by atoms with van der Waals surface area (Å²) in [6.07, 6.45) is 4.55. The molecule has 0 saturated heterocycles. The van der Waals surface area contributed by atoms with Crippen molar-refractivity contribution in [3.8, 4) is 11.5 Å². The first-order chi connectivity index (χ1) is 15.1. The molecule has 31 heavy (non-hydrogen) atoms. The molecule has 3 aromatic rings. The Morgan fingerprint density at radius 2 is 1.29 bits per heavy atom. The third-order valence-corrected chi connectivity index (χ3v) is 4.95. The van der Waals surface area contributed by atoms with Crippen LogP contribution in [0.25, 0.3) is 0 Å². The number of hydrogen-bond acceptors (Lipinski definition) is 4. The average molecular weight is 417 g/mol. The van der Waals surface area contributed by atoms with E-state index in [9.17, 15) is 9.59 Å². The van der Waals surface area contributed by atoms with Crippen LogP contribution in [0.1, 0.15) is 65.0 Å². The van der Waals surface area contributed by atoms with Gasteiger partial charge in [-0.15, -0.1) is 0 Å².